The van der Waals surface area contributed by atoms with E-state index in [1.165, 1.54) is 6.07 Å². The van der Waals surface area contributed by atoms with E-state index in [4.69, 9.17) is 9.84 Å². The molecule has 2 aromatic rings. The van der Waals surface area contributed by atoms with Gasteiger partial charge < -0.3 is 14.8 Å². The van der Waals surface area contributed by atoms with Crippen LogP contribution in [0.2, 0.25) is 0 Å². The molecule has 0 spiro atoms. The van der Waals surface area contributed by atoms with E-state index in [1.807, 2.05) is 25.5 Å². The number of carbonyl (C=O) groups excluding carboxylic acids is 1. The number of alkyl halides is 2. The van der Waals surface area contributed by atoms with Crippen LogP contribution in [0.4, 0.5) is 8.78 Å². The van der Waals surface area contributed by atoms with Gasteiger partial charge in [-0.25, -0.2) is 0 Å². The van der Waals surface area contributed by atoms with Crippen molar-refractivity contribution in [3.8, 4) is 17.0 Å². The zero-order valence-corrected chi connectivity index (χ0v) is 18.0. The Hall–Kier alpha value is -2.13. The molecule has 0 saturated carbocycles. The summed E-state index contributed by atoms with van der Waals surface area (Å²) < 4.78 is 37.5. The number of nitrogens with one attached hydrogen (secondary N) is 1. The van der Waals surface area contributed by atoms with Crippen molar-refractivity contribution < 1.29 is 23.0 Å². The summed E-state index contributed by atoms with van der Waals surface area (Å²) in [5.74, 6) is 1.79. The topological polar surface area (TPSA) is 65.4 Å². The fraction of sp³-hybridized carbons (Fsp3) is 0.524. The molecule has 2 aliphatic rings. The smallest absolute Gasteiger partial charge is 0.387 e. The van der Waals surface area contributed by atoms with Gasteiger partial charge in [0.1, 0.15) is 11.9 Å². The number of fused-ring (bicyclic) bond motifs is 1. The number of hydrogen-bond donors (Lipinski definition) is 1. The van der Waals surface area contributed by atoms with Crippen LogP contribution >= 0.6 is 11.8 Å². The van der Waals surface area contributed by atoms with Crippen LogP contribution in [-0.2, 0) is 22.6 Å². The minimum absolute atomic E-state index is 0.0790. The Balaban J connectivity index is 1.62. The van der Waals surface area contributed by atoms with Gasteiger partial charge in [0.25, 0.3) is 0 Å². The third kappa shape index (κ3) is 4.18. The molecular weight excluding hydrogens is 412 g/mol. The van der Waals surface area contributed by atoms with Crippen LogP contribution in [0.5, 0.6) is 5.75 Å². The predicted octanol–water partition coefficient (Wildman–Crippen LogP) is 3.80. The second kappa shape index (κ2) is 8.19. The molecule has 1 saturated heterocycles. The van der Waals surface area contributed by atoms with E-state index in [1.54, 1.807) is 30.0 Å². The Morgan fingerprint density at radius 2 is 2.17 bits per heavy atom. The molecule has 6 nitrogen and oxygen atoms in total. The van der Waals surface area contributed by atoms with Gasteiger partial charge in [-0.3, -0.25) is 9.48 Å². The van der Waals surface area contributed by atoms with Gasteiger partial charge in [0.05, 0.1) is 17.8 Å². The van der Waals surface area contributed by atoms with Crippen molar-refractivity contribution in [2.45, 2.75) is 58.1 Å². The molecule has 1 fully saturated rings. The quantitative estimate of drug-likeness (QED) is 0.745. The fourth-order valence-corrected chi connectivity index (χ4v) is 4.76. The zero-order chi connectivity index (χ0) is 21.5. The maximum absolute atomic E-state index is 12.8. The number of benzene rings is 1. The lowest BCUT2D eigenvalue weighted by Crippen LogP contribution is -2.58. The normalized spacial score (nSPS) is 20.0. The fourth-order valence-electron chi connectivity index (χ4n) is 3.80. The summed E-state index contributed by atoms with van der Waals surface area (Å²) in [6.45, 7) is 3.43. The van der Waals surface area contributed by atoms with Crippen molar-refractivity contribution in [2.24, 2.45) is 0 Å². The van der Waals surface area contributed by atoms with Gasteiger partial charge in [-0.15, -0.1) is 0 Å². The Kier molecular flexibility index (Phi) is 5.76. The second-order valence-electron chi connectivity index (χ2n) is 8.26. The minimum Gasteiger partial charge on any atom is -0.435 e. The zero-order valence-electron chi connectivity index (χ0n) is 17.2. The van der Waals surface area contributed by atoms with Crippen molar-refractivity contribution in [2.75, 3.05) is 11.5 Å². The maximum Gasteiger partial charge on any atom is 0.387 e. The molecule has 0 aliphatic carbocycles. The van der Waals surface area contributed by atoms with E-state index in [9.17, 15) is 13.6 Å². The third-order valence-electron chi connectivity index (χ3n) is 5.31. The summed E-state index contributed by atoms with van der Waals surface area (Å²) in [5, 5.41) is 7.84. The first-order valence-corrected chi connectivity index (χ1v) is 11.1. The van der Waals surface area contributed by atoms with E-state index < -0.39 is 12.7 Å². The molecule has 1 aromatic heterocycles. The van der Waals surface area contributed by atoms with Crippen molar-refractivity contribution in [1.82, 2.24) is 15.1 Å². The highest BCUT2D eigenvalue weighted by atomic mass is 32.2. The van der Waals surface area contributed by atoms with Crippen LogP contribution in [0.1, 0.15) is 38.1 Å². The SMILES string of the molecule is CC(C)n1nc(-c2cccc(OC(F)F)c2)c2c1CC(C(=O)NC1(C)CSC1)OC2. The summed E-state index contributed by atoms with van der Waals surface area (Å²) in [6.07, 6.45) is -0.154. The van der Waals surface area contributed by atoms with Gasteiger partial charge in [-0.05, 0) is 32.9 Å². The van der Waals surface area contributed by atoms with E-state index in [2.05, 4.69) is 10.1 Å². The predicted molar refractivity (Wildman–Crippen MR) is 111 cm³/mol. The lowest BCUT2D eigenvalue weighted by Gasteiger charge is -2.39. The monoisotopic (exact) mass is 437 g/mol. The molecule has 3 heterocycles. The Morgan fingerprint density at radius 1 is 1.40 bits per heavy atom. The second-order valence-corrected chi connectivity index (χ2v) is 9.25. The number of carbonyl (C=O) groups is 1. The molecule has 1 amide bonds. The summed E-state index contributed by atoms with van der Waals surface area (Å²) in [5.41, 5.74) is 3.00. The van der Waals surface area contributed by atoms with Crippen LogP contribution in [0, 0.1) is 0 Å². The number of thioether (sulfide) groups is 1. The Labute approximate surface area is 178 Å². The molecule has 4 rings (SSSR count). The Bertz CT molecular complexity index is 944. The number of amides is 1. The van der Waals surface area contributed by atoms with Crippen LogP contribution in [0.15, 0.2) is 24.3 Å². The van der Waals surface area contributed by atoms with E-state index in [0.29, 0.717) is 17.7 Å². The first kappa shape index (κ1) is 21.1. The number of ether oxygens (including phenoxy) is 2. The van der Waals surface area contributed by atoms with Gasteiger partial charge in [0.2, 0.25) is 5.91 Å². The van der Waals surface area contributed by atoms with E-state index >= 15 is 0 Å². The van der Waals surface area contributed by atoms with E-state index in [-0.39, 0.29) is 29.8 Å². The van der Waals surface area contributed by atoms with Crippen molar-refractivity contribution in [3.05, 3.63) is 35.5 Å². The lowest BCUT2D eigenvalue weighted by molar-refractivity contribution is -0.136. The highest BCUT2D eigenvalue weighted by Crippen LogP contribution is 2.35. The van der Waals surface area contributed by atoms with Crippen LogP contribution in [0.25, 0.3) is 11.3 Å². The van der Waals surface area contributed by atoms with Crippen molar-refractivity contribution >= 4 is 17.7 Å². The minimum atomic E-state index is -2.89. The Morgan fingerprint density at radius 3 is 2.80 bits per heavy atom. The number of aromatic nitrogens is 2. The lowest BCUT2D eigenvalue weighted by atomic mass is 9.99. The van der Waals surface area contributed by atoms with Crippen LogP contribution < -0.4 is 10.1 Å². The van der Waals surface area contributed by atoms with Gasteiger partial charge >= 0.3 is 6.61 Å². The van der Waals surface area contributed by atoms with Gasteiger partial charge in [-0.2, -0.15) is 25.6 Å². The summed E-state index contributed by atoms with van der Waals surface area (Å²) in [4.78, 5) is 12.8. The molecule has 30 heavy (non-hydrogen) atoms. The largest absolute Gasteiger partial charge is 0.435 e. The number of halogens is 2. The van der Waals surface area contributed by atoms with Gasteiger partial charge in [0, 0.05) is 40.8 Å². The molecule has 9 heteroatoms. The van der Waals surface area contributed by atoms with Crippen LogP contribution in [-0.4, -0.2) is 45.4 Å². The highest BCUT2D eigenvalue weighted by molar-refractivity contribution is 8.00. The molecule has 162 valence electrons. The van der Waals surface area contributed by atoms with Gasteiger partial charge in [-0.1, -0.05) is 12.1 Å². The highest BCUT2D eigenvalue weighted by Gasteiger charge is 2.38. The molecule has 1 unspecified atom stereocenters. The standard InChI is InChI=1S/C21H25F2N3O3S/c1-12(2)26-16-8-17(19(27)24-21(3)10-30-11-21)28-9-15(16)18(25-26)13-5-4-6-14(7-13)29-20(22)23/h4-7,12,17,20H,8-11H2,1-3H3,(H,24,27). The number of hydrogen-bond acceptors (Lipinski definition) is 5. The summed E-state index contributed by atoms with van der Waals surface area (Å²) in [7, 11) is 0. The van der Waals surface area contributed by atoms with E-state index in [0.717, 1.165) is 22.8 Å². The average molecular weight is 438 g/mol. The number of nitrogens with zero attached hydrogens (tertiary/aromatic N) is 2. The first-order chi connectivity index (χ1) is 14.3. The molecule has 1 atom stereocenters. The third-order valence-corrected chi connectivity index (χ3v) is 6.99. The number of rotatable bonds is 6. The first-order valence-electron chi connectivity index (χ1n) is 9.92. The summed E-state index contributed by atoms with van der Waals surface area (Å²) >= 11 is 1.81. The van der Waals surface area contributed by atoms with Crippen molar-refractivity contribution in [1.29, 1.82) is 0 Å². The molecule has 0 bridgehead atoms. The molecular formula is C21H25F2N3O3S. The van der Waals surface area contributed by atoms with Crippen molar-refractivity contribution in [3.63, 3.8) is 0 Å². The maximum atomic E-state index is 12.8. The average Bonchev–Trinajstić information content (AvgIpc) is 3.05. The molecule has 0 radical (unpaired) electrons. The molecule has 1 N–H and O–H groups in total. The molecule has 1 aromatic carbocycles. The molecule has 2 aliphatic heterocycles. The van der Waals surface area contributed by atoms with Gasteiger partial charge in [0.15, 0.2) is 0 Å². The summed E-state index contributed by atoms with van der Waals surface area (Å²) in [6, 6.07) is 6.57. The van der Waals surface area contributed by atoms with Crippen LogP contribution in [0.3, 0.4) is 0 Å².